The molecule has 2 amide bonds. The third-order valence-electron chi connectivity index (χ3n) is 6.28. The van der Waals surface area contributed by atoms with Crippen LogP contribution in [0.1, 0.15) is 58.8 Å². The highest BCUT2D eigenvalue weighted by Crippen LogP contribution is 2.30. The molecule has 2 aliphatic heterocycles. The maximum atomic E-state index is 12.6. The van der Waals surface area contributed by atoms with Gasteiger partial charge in [-0.25, -0.2) is 4.79 Å². The predicted molar refractivity (Wildman–Crippen MR) is 89.9 cm³/mol. The first-order chi connectivity index (χ1) is 10.7. The van der Waals surface area contributed by atoms with Crippen LogP contribution in [-0.2, 0) is 0 Å². The molecule has 0 bridgehead atoms. The van der Waals surface area contributed by atoms with E-state index >= 15 is 0 Å². The molecule has 22 heavy (non-hydrogen) atoms. The molecule has 2 atom stereocenters. The van der Waals surface area contributed by atoms with Crippen LogP contribution in [0.5, 0.6) is 0 Å². The molecule has 126 valence electrons. The number of urea groups is 1. The Kier molecular flexibility index (Phi) is 5.27. The van der Waals surface area contributed by atoms with Crippen LogP contribution in [0.3, 0.4) is 0 Å². The first-order valence-electron chi connectivity index (χ1n) is 9.46. The smallest absolute Gasteiger partial charge is 0.317 e. The normalized spacial score (nSPS) is 36.2. The average molecular weight is 307 g/mol. The van der Waals surface area contributed by atoms with E-state index in [4.69, 9.17) is 0 Å². The number of amides is 2. The third kappa shape index (κ3) is 3.58. The number of fused-ring (bicyclic) bond motifs is 1. The van der Waals surface area contributed by atoms with E-state index in [2.05, 4.69) is 29.0 Å². The summed E-state index contributed by atoms with van der Waals surface area (Å²) in [7, 11) is 0. The minimum Gasteiger partial charge on any atom is -0.338 e. The largest absolute Gasteiger partial charge is 0.338 e. The van der Waals surface area contributed by atoms with Gasteiger partial charge in [0, 0.05) is 31.7 Å². The molecule has 0 radical (unpaired) electrons. The monoisotopic (exact) mass is 307 g/mol. The SMILES string of the molecule is CCC1CCC(CNC(=O)N2C[C@@H]3CCCN3C[C@@H]2C)CC1. The standard InChI is InChI=1S/C18H33N3O/c1-3-15-6-8-16(9-7-15)11-19-18(22)21-13-17-5-4-10-20(17)12-14(21)2/h14-17H,3-13H2,1-2H3,(H,19,22)/t14-,15?,16?,17-/m0/s1. The summed E-state index contributed by atoms with van der Waals surface area (Å²) >= 11 is 0. The van der Waals surface area contributed by atoms with Gasteiger partial charge in [0.05, 0.1) is 0 Å². The van der Waals surface area contributed by atoms with E-state index in [1.807, 2.05) is 0 Å². The molecule has 3 fully saturated rings. The van der Waals surface area contributed by atoms with Gasteiger partial charge in [-0.15, -0.1) is 0 Å². The van der Waals surface area contributed by atoms with Crippen molar-refractivity contribution in [2.75, 3.05) is 26.2 Å². The number of piperazine rings is 1. The van der Waals surface area contributed by atoms with Crippen LogP contribution < -0.4 is 5.32 Å². The molecule has 0 aromatic carbocycles. The first-order valence-corrected chi connectivity index (χ1v) is 9.46. The zero-order valence-corrected chi connectivity index (χ0v) is 14.4. The Morgan fingerprint density at radius 1 is 1.09 bits per heavy atom. The summed E-state index contributed by atoms with van der Waals surface area (Å²) in [6.45, 7) is 8.59. The molecule has 1 saturated carbocycles. The number of carbonyl (C=O) groups is 1. The highest BCUT2D eigenvalue weighted by atomic mass is 16.2. The molecular weight excluding hydrogens is 274 g/mol. The Morgan fingerprint density at radius 2 is 1.82 bits per heavy atom. The van der Waals surface area contributed by atoms with Gasteiger partial charge in [0.15, 0.2) is 0 Å². The first kappa shape index (κ1) is 16.1. The molecule has 0 unspecified atom stereocenters. The van der Waals surface area contributed by atoms with Crippen molar-refractivity contribution < 1.29 is 4.79 Å². The molecule has 3 aliphatic rings. The number of nitrogens with zero attached hydrogens (tertiary/aromatic N) is 2. The van der Waals surface area contributed by atoms with Crippen molar-refractivity contribution in [3.05, 3.63) is 0 Å². The maximum Gasteiger partial charge on any atom is 0.317 e. The molecule has 2 heterocycles. The van der Waals surface area contributed by atoms with Crippen molar-refractivity contribution in [1.82, 2.24) is 15.1 Å². The second-order valence-electron chi connectivity index (χ2n) is 7.77. The van der Waals surface area contributed by atoms with Gasteiger partial charge in [0.2, 0.25) is 0 Å². The second kappa shape index (κ2) is 7.20. The molecule has 2 saturated heterocycles. The molecule has 4 nitrogen and oxygen atoms in total. The predicted octanol–water partition coefficient (Wildman–Crippen LogP) is 3.08. The fourth-order valence-corrected chi connectivity index (χ4v) is 4.65. The molecule has 1 aliphatic carbocycles. The number of carbonyl (C=O) groups excluding carboxylic acids is 1. The second-order valence-corrected chi connectivity index (χ2v) is 7.77. The molecule has 0 aromatic rings. The fraction of sp³-hybridized carbons (Fsp3) is 0.944. The minimum absolute atomic E-state index is 0.177. The van der Waals surface area contributed by atoms with Crippen LogP contribution in [-0.4, -0.2) is 54.1 Å². The lowest BCUT2D eigenvalue weighted by molar-refractivity contribution is 0.0795. The van der Waals surface area contributed by atoms with E-state index in [1.165, 1.54) is 51.5 Å². The zero-order valence-electron chi connectivity index (χ0n) is 14.4. The van der Waals surface area contributed by atoms with Gasteiger partial charge in [-0.3, -0.25) is 4.90 Å². The number of hydrogen-bond donors (Lipinski definition) is 1. The number of hydrogen-bond acceptors (Lipinski definition) is 2. The summed E-state index contributed by atoms with van der Waals surface area (Å²) in [6, 6.07) is 1.14. The molecule has 1 N–H and O–H groups in total. The van der Waals surface area contributed by atoms with Crippen LogP contribution in [0.25, 0.3) is 0 Å². The van der Waals surface area contributed by atoms with Gasteiger partial charge < -0.3 is 10.2 Å². The van der Waals surface area contributed by atoms with Crippen molar-refractivity contribution in [1.29, 1.82) is 0 Å². The summed E-state index contributed by atoms with van der Waals surface area (Å²) in [6.07, 6.45) is 9.19. The third-order valence-corrected chi connectivity index (χ3v) is 6.28. The molecule has 0 spiro atoms. The lowest BCUT2D eigenvalue weighted by atomic mass is 9.81. The van der Waals surface area contributed by atoms with Crippen LogP contribution >= 0.6 is 0 Å². The fourth-order valence-electron chi connectivity index (χ4n) is 4.65. The van der Waals surface area contributed by atoms with Crippen molar-refractivity contribution in [2.45, 2.75) is 70.9 Å². The van der Waals surface area contributed by atoms with Gasteiger partial charge in [0.25, 0.3) is 0 Å². The van der Waals surface area contributed by atoms with Gasteiger partial charge >= 0.3 is 6.03 Å². The van der Waals surface area contributed by atoms with E-state index < -0.39 is 0 Å². The van der Waals surface area contributed by atoms with E-state index in [1.54, 1.807) is 0 Å². The van der Waals surface area contributed by atoms with Crippen molar-refractivity contribution in [3.63, 3.8) is 0 Å². The Hall–Kier alpha value is -0.770. The Bertz CT molecular complexity index is 379. The number of rotatable bonds is 3. The van der Waals surface area contributed by atoms with Crippen molar-refractivity contribution in [2.24, 2.45) is 11.8 Å². The van der Waals surface area contributed by atoms with Gasteiger partial charge in [0.1, 0.15) is 0 Å². The molecule has 4 heteroatoms. The summed E-state index contributed by atoms with van der Waals surface area (Å²) < 4.78 is 0. The van der Waals surface area contributed by atoms with Crippen LogP contribution in [0.2, 0.25) is 0 Å². The topological polar surface area (TPSA) is 35.6 Å². The summed E-state index contributed by atoms with van der Waals surface area (Å²) in [5.74, 6) is 1.64. The quantitative estimate of drug-likeness (QED) is 0.870. The van der Waals surface area contributed by atoms with E-state index in [0.29, 0.717) is 18.0 Å². The average Bonchev–Trinajstić information content (AvgIpc) is 2.99. The molecular formula is C18H33N3O. The lowest BCUT2D eigenvalue weighted by Crippen LogP contribution is -2.59. The lowest BCUT2D eigenvalue weighted by Gasteiger charge is -2.42. The number of nitrogens with one attached hydrogen (secondary N) is 1. The highest BCUT2D eigenvalue weighted by Gasteiger charge is 2.36. The Balaban J connectivity index is 1.43. The van der Waals surface area contributed by atoms with Crippen molar-refractivity contribution >= 4 is 6.03 Å². The Labute approximate surface area is 135 Å². The van der Waals surface area contributed by atoms with E-state index in [0.717, 1.165) is 25.6 Å². The summed E-state index contributed by atoms with van der Waals surface area (Å²) in [5.41, 5.74) is 0. The molecule has 0 aromatic heterocycles. The van der Waals surface area contributed by atoms with Crippen LogP contribution in [0.15, 0.2) is 0 Å². The van der Waals surface area contributed by atoms with Gasteiger partial charge in [-0.1, -0.05) is 26.2 Å². The van der Waals surface area contributed by atoms with Gasteiger partial charge in [-0.2, -0.15) is 0 Å². The van der Waals surface area contributed by atoms with Crippen molar-refractivity contribution in [3.8, 4) is 0 Å². The Morgan fingerprint density at radius 3 is 2.55 bits per heavy atom. The highest BCUT2D eigenvalue weighted by molar-refractivity contribution is 5.74. The minimum atomic E-state index is 0.177. The zero-order chi connectivity index (χ0) is 15.5. The van der Waals surface area contributed by atoms with Crippen LogP contribution in [0.4, 0.5) is 4.79 Å². The van der Waals surface area contributed by atoms with Gasteiger partial charge in [-0.05, 0) is 51.0 Å². The summed E-state index contributed by atoms with van der Waals surface area (Å²) in [5, 5.41) is 3.23. The molecule has 3 rings (SSSR count). The maximum absolute atomic E-state index is 12.6. The van der Waals surface area contributed by atoms with Crippen LogP contribution in [0, 0.1) is 11.8 Å². The van der Waals surface area contributed by atoms with E-state index in [-0.39, 0.29) is 6.03 Å². The van der Waals surface area contributed by atoms with E-state index in [9.17, 15) is 4.79 Å². The summed E-state index contributed by atoms with van der Waals surface area (Å²) in [4.78, 5) is 17.2.